The van der Waals surface area contributed by atoms with Crippen LogP contribution in [0.3, 0.4) is 0 Å². The minimum atomic E-state index is -1.87. The van der Waals surface area contributed by atoms with Gasteiger partial charge in [-0.05, 0) is 15.9 Å². The molecule has 0 bridgehead atoms. The lowest BCUT2D eigenvalue weighted by Crippen LogP contribution is -1.79. The zero-order valence-corrected chi connectivity index (χ0v) is 4.87. The summed E-state index contributed by atoms with van der Waals surface area (Å²) in [6, 6.07) is 0. The highest BCUT2D eigenvalue weighted by molar-refractivity contribution is 9.11. The van der Waals surface area contributed by atoms with Gasteiger partial charge in [0.1, 0.15) is 0 Å². The van der Waals surface area contributed by atoms with Crippen LogP contribution in [0.2, 0.25) is 0 Å². The van der Waals surface area contributed by atoms with Crippen LogP contribution in [0.25, 0.3) is 0 Å². The van der Waals surface area contributed by atoms with Crippen molar-refractivity contribution in [3.63, 3.8) is 0 Å². The zero-order chi connectivity index (χ0) is 5.86. The third kappa shape index (κ3) is 2.70. The van der Waals surface area contributed by atoms with Crippen LogP contribution in [0.5, 0.6) is 0 Å². The normalized spacial score (nSPS) is 8.57. The van der Waals surface area contributed by atoms with Crippen molar-refractivity contribution in [1.29, 1.82) is 0 Å². The van der Waals surface area contributed by atoms with Gasteiger partial charge in [0.15, 0.2) is 0 Å². The molecule has 0 aromatic heterocycles. The molecule has 0 aliphatic rings. The maximum Gasteiger partial charge on any atom is 0.282 e. The van der Waals surface area contributed by atoms with Gasteiger partial charge in [-0.15, -0.1) is 0 Å². The molecule has 0 fully saturated rings. The summed E-state index contributed by atoms with van der Waals surface area (Å²) >= 11 is 2.42. The molecule has 0 aliphatic carbocycles. The number of hydrogen-bond donors (Lipinski definition) is 1. The van der Waals surface area contributed by atoms with Crippen LogP contribution in [0, 0.1) is 0 Å². The predicted octanol–water partition coefficient (Wildman–Crippen LogP) is 1.48. The van der Waals surface area contributed by atoms with Crippen molar-refractivity contribution in [2.45, 2.75) is 0 Å². The van der Waals surface area contributed by atoms with Gasteiger partial charge in [0.2, 0.25) is 0 Å². The molecule has 42 valence electrons. The van der Waals surface area contributed by atoms with Crippen molar-refractivity contribution < 1.29 is 13.9 Å². The summed E-state index contributed by atoms with van der Waals surface area (Å²) in [5.41, 5.74) is 0. The first-order valence-electron chi connectivity index (χ1n) is 1.49. The van der Waals surface area contributed by atoms with Crippen LogP contribution in [0.1, 0.15) is 0 Å². The molecule has 4 heteroatoms. The fraction of sp³-hybridized carbons (Fsp3) is 0.333. The molecule has 0 amide bonds. The van der Waals surface area contributed by atoms with Crippen LogP contribution >= 0.6 is 15.9 Å². The second-order valence-corrected chi connectivity index (χ2v) is 1.78. The maximum atomic E-state index is 11.1. The molecule has 0 rings (SSSR count). The van der Waals surface area contributed by atoms with Gasteiger partial charge in [-0.3, -0.25) is 0 Å². The fourth-order valence-corrected chi connectivity index (χ4v) is 0.0598. The molecule has 0 saturated heterocycles. The second-order valence-electron chi connectivity index (χ2n) is 0.823. The van der Waals surface area contributed by atoms with Crippen molar-refractivity contribution in [3.8, 4) is 0 Å². The van der Waals surface area contributed by atoms with E-state index in [4.69, 9.17) is 5.11 Å². The molecule has 1 N–H and O–H groups in total. The van der Waals surface area contributed by atoms with Crippen molar-refractivity contribution in [3.05, 3.63) is 10.6 Å². The summed E-state index contributed by atoms with van der Waals surface area (Å²) in [5, 5.41) is 7.92. The van der Waals surface area contributed by atoms with Gasteiger partial charge in [0, 0.05) is 0 Å². The smallest absolute Gasteiger partial charge is 0.282 e. The van der Waals surface area contributed by atoms with E-state index in [1.54, 1.807) is 0 Å². The first-order valence-corrected chi connectivity index (χ1v) is 2.28. The van der Waals surface area contributed by atoms with E-state index in [0.29, 0.717) is 0 Å². The molecule has 0 heterocycles. The lowest BCUT2D eigenvalue weighted by Gasteiger charge is -1.84. The zero-order valence-electron chi connectivity index (χ0n) is 3.29. The molecule has 1 nitrogen and oxygen atoms in total. The Morgan fingerprint density at radius 1 is 1.57 bits per heavy atom. The van der Waals surface area contributed by atoms with Crippen LogP contribution in [0.4, 0.5) is 8.78 Å². The van der Waals surface area contributed by atoms with Gasteiger partial charge in [-0.25, -0.2) is 0 Å². The minimum Gasteiger partial charge on any atom is -0.391 e. The lowest BCUT2D eigenvalue weighted by atomic mass is 10.7. The lowest BCUT2D eigenvalue weighted by molar-refractivity contribution is 0.323. The standard InChI is InChI=1S/C3H3BrF2O/c4-2(1-7)3(5)6/h7H,1H2. The van der Waals surface area contributed by atoms with E-state index in [1.165, 1.54) is 0 Å². The van der Waals surface area contributed by atoms with Crippen molar-refractivity contribution >= 4 is 15.9 Å². The largest absolute Gasteiger partial charge is 0.391 e. The quantitative estimate of drug-likeness (QED) is 0.636. The minimum absolute atomic E-state index is 0.451. The third-order valence-corrected chi connectivity index (χ3v) is 0.894. The highest BCUT2D eigenvalue weighted by Gasteiger charge is 1.96. The number of aliphatic hydroxyl groups is 1. The van der Waals surface area contributed by atoms with E-state index in [9.17, 15) is 8.78 Å². The molecule has 0 aromatic carbocycles. The van der Waals surface area contributed by atoms with Gasteiger partial charge in [0.05, 0.1) is 11.1 Å². The Morgan fingerprint density at radius 3 is 2.00 bits per heavy atom. The van der Waals surface area contributed by atoms with Crippen LogP contribution in [-0.4, -0.2) is 11.7 Å². The number of hydrogen-bond acceptors (Lipinski definition) is 1. The molecule has 0 aromatic rings. The SMILES string of the molecule is OCC(Br)=C(F)F. The average molecular weight is 173 g/mol. The van der Waals surface area contributed by atoms with Crippen molar-refractivity contribution in [2.24, 2.45) is 0 Å². The van der Waals surface area contributed by atoms with Gasteiger partial charge < -0.3 is 5.11 Å². The van der Waals surface area contributed by atoms with Gasteiger partial charge >= 0.3 is 0 Å². The Balaban J connectivity index is 3.72. The molecule has 0 saturated carbocycles. The Morgan fingerprint density at radius 2 is 2.00 bits per heavy atom. The van der Waals surface area contributed by atoms with E-state index in [1.807, 2.05) is 0 Å². The topological polar surface area (TPSA) is 20.2 Å². The molecule has 0 radical (unpaired) electrons. The Bertz CT molecular complexity index is 86.9. The molecule has 0 atom stereocenters. The van der Waals surface area contributed by atoms with Gasteiger partial charge in [0.25, 0.3) is 6.08 Å². The van der Waals surface area contributed by atoms with E-state index in [-0.39, 0.29) is 0 Å². The number of aliphatic hydroxyl groups excluding tert-OH is 1. The first-order chi connectivity index (χ1) is 3.18. The third-order valence-electron chi connectivity index (χ3n) is 0.344. The predicted molar refractivity (Wildman–Crippen MR) is 25.3 cm³/mol. The molecular weight excluding hydrogens is 170 g/mol. The number of rotatable bonds is 1. The molecule has 0 spiro atoms. The van der Waals surface area contributed by atoms with Crippen molar-refractivity contribution in [2.75, 3.05) is 6.61 Å². The Labute approximate surface area is 47.8 Å². The van der Waals surface area contributed by atoms with E-state index in [2.05, 4.69) is 15.9 Å². The molecular formula is C3H3BrF2O. The van der Waals surface area contributed by atoms with Gasteiger partial charge in [-0.2, -0.15) is 8.78 Å². The van der Waals surface area contributed by atoms with E-state index >= 15 is 0 Å². The Hall–Kier alpha value is 0.0400. The monoisotopic (exact) mass is 172 g/mol. The van der Waals surface area contributed by atoms with Crippen molar-refractivity contribution in [1.82, 2.24) is 0 Å². The summed E-state index contributed by atoms with van der Waals surface area (Å²) in [6.07, 6.45) is -1.87. The van der Waals surface area contributed by atoms with Gasteiger partial charge in [-0.1, -0.05) is 0 Å². The number of halogens is 3. The molecule has 0 unspecified atom stereocenters. The summed E-state index contributed by atoms with van der Waals surface area (Å²) < 4.78 is 21.8. The fourth-order valence-electron chi connectivity index (χ4n) is 0.0598. The summed E-state index contributed by atoms with van der Waals surface area (Å²) in [5.74, 6) is 0. The highest BCUT2D eigenvalue weighted by Crippen LogP contribution is 2.12. The van der Waals surface area contributed by atoms with Crippen LogP contribution in [-0.2, 0) is 0 Å². The van der Waals surface area contributed by atoms with Crippen LogP contribution < -0.4 is 0 Å². The maximum absolute atomic E-state index is 11.1. The molecule has 7 heavy (non-hydrogen) atoms. The van der Waals surface area contributed by atoms with Crippen LogP contribution in [0.15, 0.2) is 10.6 Å². The molecule has 0 aliphatic heterocycles. The summed E-state index contributed by atoms with van der Waals surface area (Å²) in [6.45, 7) is -0.637. The first kappa shape index (κ1) is 7.04. The summed E-state index contributed by atoms with van der Waals surface area (Å²) in [7, 11) is 0. The van der Waals surface area contributed by atoms with E-state index in [0.717, 1.165) is 0 Å². The van der Waals surface area contributed by atoms with E-state index < -0.39 is 17.2 Å². The summed E-state index contributed by atoms with van der Waals surface area (Å²) in [4.78, 5) is 0. The second kappa shape index (κ2) is 3.10. The Kier molecular flexibility index (Phi) is 3.11. The average Bonchev–Trinajstić information content (AvgIpc) is 1.65. The highest BCUT2D eigenvalue weighted by atomic mass is 79.9.